The van der Waals surface area contributed by atoms with Gasteiger partial charge in [0.2, 0.25) is 0 Å². The van der Waals surface area contributed by atoms with Crippen LogP contribution in [0.3, 0.4) is 0 Å². The summed E-state index contributed by atoms with van der Waals surface area (Å²) in [4.78, 5) is 0. The molecule has 1 aliphatic carbocycles. The summed E-state index contributed by atoms with van der Waals surface area (Å²) in [6.45, 7) is 0.529. The fourth-order valence-electron chi connectivity index (χ4n) is 0.794. The molecule has 7 heavy (non-hydrogen) atoms. The molecule has 1 fully saturated rings. The van der Waals surface area contributed by atoms with Gasteiger partial charge in [0.15, 0.2) is 0 Å². The summed E-state index contributed by atoms with van der Waals surface area (Å²) in [5.74, 6) is 0.194. The fraction of sp³-hybridized carbons (Fsp3) is 1.00. The second-order valence-electron chi connectivity index (χ2n) is 2.09. The first-order valence-corrected chi connectivity index (χ1v) is 2.68. The van der Waals surface area contributed by atoms with Crippen molar-refractivity contribution in [2.75, 3.05) is 6.54 Å². The highest BCUT2D eigenvalue weighted by atomic mass is 19.1. The first kappa shape index (κ1) is 5.04. The maximum absolute atomic E-state index is 12.1. The van der Waals surface area contributed by atoms with Crippen LogP contribution in [0.4, 0.5) is 4.39 Å². The molecule has 0 heterocycles. The van der Waals surface area contributed by atoms with E-state index in [2.05, 4.69) is 0 Å². The molecule has 2 atom stereocenters. The van der Waals surface area contributed by atoms with Crippen molar-refractivity contribution in [2.24, 2.45) is 11.7 Å². The van der Waals surface area contributed by atoms with Crippen LogP contribution in [0.25, 0.3) is 0 Å². The van der Waals surface area contributed by atoms with Gasteiger partial charge in [-0.15, -0.1) is 0 Å². The van der Waals surface area contributed by atoms with Gasteiger partial charge in [-0.05, 0) is 19.4 Å². The van der Waals surface area contributed by atoms with Gasteiger partial charge < -0.3 is 5.73 Å². The van der Waals surface area contributed by atoms with Crippen molar-refractivity contribution in [3.63, 3.8) is 0 Å². The van der Waals surface area contributed by atoms with E-state index in [0.717, 1.165) is 12.8 Å². The molecule has 0 aromatic carbocycles. The van der Waals surface area contributed by atoms with Gasteiger partial charge in [0, 0.05) is 5.92 Å². The first-order valence-electron chi connectivity index (χ1n) is 2.68. The smallest absolute Gasteiger partial charge is 0.104 e. The Labute approximate surface area is 42.7 Å². The summed E-state index contributed by atoms with van der Waals surface area (Å²) in [5.41, 5.74) is 5.18. The zero-order valence-electron chi connectivity index (χ0n) is 4.23. The second kappa shape index (κ2) is 1.78. The van der Waals surface area contributed by atoms with Gasteiger partial charge in [0.1, 0.15) is 6.17 Å². The van der Waals surface area contributed by atoms with Gasteiger partial charge in [0.05, 0.1) is 0 Å². The molecule has 1 rings (SSSR count). The van der Waals surface area contributed by atoms with Crippen LogP contribution in [0.2, 0.25) is 0 Å². The number of hydrogen-bond donors (Lipinski definition) is 1. The minimum atomic E-state index is -0.579. The highest BCUT2D eigenvalue weighted by molar-refractivity contribution is 4.80. The molecule has 0 bridgehead atoms. The van der Waals surface area contributed by atoms with Crippen LogP contribution in [0, 0.1) is 5.92 Å². The van der Waals surface area contributed by atoms with Crippen LogP contribution in [-0.2, 0) is 0 Å². The highest BCUT2D eigenvalue weighted by Crippen LogP contribution is 2.28. The fourth-order valence-corrected chi connectivity index (χ4v) is 0.794. The average Bonchev–Trinajstić information content (AvgIpc) is 1.65. The van der Waals surface area contributed by atoms with Gasteiger partial charge in [-0.2, -0.15) is 0 Å². The molecule has 0 aromatic heterocycles. The Kier molecular flexibility index (Phi) is 1.28. The Balaban J connectivity index is 2.16. The van der Waals surface area contributed by atoms with E-state index < -0.39 is 6.17 Å². The molecular weight excluding hydrogens is 93.1 g/mol. The van der Waals surface area contributed by atoms with E-state index in [1.807, 2.05) is 0 Å². The third-order valence-electron chi connectivity index (χ3n) is 1.63. The molecule has 0 aromatic rings. The molecule has 2 heteroatoms. The molecule has 0 radical (unpaired) electrons. The van der Waals surface area contributed by atoms with Crippen molar-refractivity contribution in [1.82, 2.24) is 0 Å². The predicted octanol–water partition coefficient (Wildman–Crippen LogP) is 0.693. The van der Waals surface area contributed by atoms with E-state index in [-0.39, 0.29) is 5.92 Å². The number of rotatable bonds is 1. The maximum atomic E-state index is 12.1. The molecule has 2 N–H and O–H groups in total. The molecule has 42 valence electrons. The van der Waals surface area contributed by atoms with Crippen LogP contribution < -0.4 is 5.73 Å². The number of hydrogen-bond acceptors (Lipinski definition) is 1. The zero-order chi connectivity index (χ0) is 5.28. The lowest BCUT2D eigenvalue weighted by atomic mass is 9.83. The van der Waals surface area contributed by atoms with Gasteiger partial charge in [-0.3, -0.25) is 0 Å². The van der Waals surface area contributed by atoms with Gasteiger partial charge in [0.25, 0.3) is 0 Å². The molecular formula is C5H10FN. The molecule has 1 aliphatic rings. The van der Waals surface area contributed by atoms with Crippen LogP contribution in [0.1, 0.15) is 12.8 Å². The van der Waals surface area contributed by atoms with Gasteiger partial charge in [-0.1, -0.05) is 0 Å². The number of alkyl halides is 1. The number of nitrogens with two attached hydrogens (primary N) is 1. The molecule has 1 saturated carbocycles. The van der Waals surface area contributed by atoms with Crippen molar-refractivity contribution < 1.29 is 4.39 Å². The molecule has 0 saturated heterocycles. The second-order valence-corrected chi connectivity index (χ2v) is 2.09. The van der Waals surface area contributed by atoms with E-state index in [4.69, 9.17) is 5.73 Å². The largest absolute Gasteiger partial charge is 0.330 e. The van der Waals surface area contributed by atoms with E-state index >= 15 is 0 Å². The summed E-state index contributed by atoms with van der Waals surface area (Å²) < 4.78 is 12.1. The molecule has 0 aliphatic heterocycles. The monoisotopic (exact) mass is 103 g/mol. The van der Waals surface area contributed by atoms with Gasteiger partial charge in [-0.25, -0.2) is 4.39 Å². The molecule has 0 spiro atoms. The summed E-state index contributed by atoms with van der Waals surface area (Å²) in [6, 6.07) is 0. The average molecular weight is 103 g/mol. The zero-order valence-corrected chi connectivity index (χ0v) is 4.23. The third-order valence-corrected chi connectivity index (χ3v) is 1.63. The van der Waals surface area contributed by atoms with E-state index in [1.165, 1.54) is 0 Å². The Morgan fingerprint density at radius 3 is 2.29 bits per heavy atom. The molecule has 0 unspecified atom stereocenters. The van der Waals surface area contributed by atoms with Crippen molar-refractivity contribution in [3.8, 4) is 0 Å². The van der Waals surface area contributed by atoms with Crippen LogP contribution in [-0.4, -0.2) is 12.7 Å². The Hall–Kier alpha value is -0.110. The Morgan fingerprint density at radius 2 is 2.29 bits per heavy atom. The van der Waals surface area contributed by atoms with Crippen LogP contribution in [0.5, 0.6) is 0 Å². The van der Waals surface area contributed by atoms with E-state index in [0.29, 0.717) is 6.54 Å². The quantitative estimate of drug-likeness (QED) is 0.519. The van der Waals surface area contributed by atoms with Crippen molar-refractivity contribution in [1.29, 1.82) is 0 Å². The SMILES string of the molecule is NC[C@@H]1CC[C@@H]1F. The van der Waals surface area contributed by atoms with Crippen molar-refractivity contribution in [2.45, 2.75) is 19.0 Å². The topological polar surface area (TPSA) is 26.0 Å². The van der Waals surface area contributed by atoms with E-state index in [1.54, 1.807) is 0 Å². The summed E-state index contributed by atoms with van der Waals surface area (Å²) in [6.07, 6.45) is 1.16. The third kappa shape index (κ3) is 0.752. The minimum absolute atomic E-state index is 0.194. The van der Waals surface area contributed by atoms with Crippen LogP contribution in [0.15, 0.2) is 0 Å². The highest BCUT2D eigenvalue weighted by Gasteiger charge is 2.28. The van der Waals surface area contributed by atoms with Crippen LogP contribution >= 0.6 is 0 Å². The molecule has 1 nitrogen and oxygen atoms in total. The normalized spacial score (nSPS) is 40.3. The lowest BCUT2D eigenvalue weighted by Crippen LogP contribution is -2.33. The Bertz CT molecular complexity index is 63.1. The molecule has 0 amide bonds. The Morgan fingerprint density at radius 1 is 1.57 bits per heavy atom. The first-order chi connectivity index (χ1) is 3.34. The van der Waals surface area contributed by atoms with Crippen molar-refractivity contribution >= 4 is 0 Å². The minimum Gasteiger partial charge on any atom is -0.330 e. The summed E-state index contributed by atoms with van der Waals surface area (Å²) >= 11 is 0. The lowest BCUT2D eigenvalue weighted by Gasteiger charge is -2.28. The lowest BCUT2D eigenvalue weighted by molar-refractivity contribution is 0.119. The predicted molar refractivity (Wildman–Crippen MR) is 26.7 cm³/mol. The summed E-state index contributed by atoms with van der Waals surface area (Å²) in [7, 11) is 0. The van der Waals surface area contributed by atoms with Gasteiger partial charge >= 0.3 is 0 Å². The summed E-state index contributed by atoms with van der Waals surface area (Å²) in [5, 5.41) is 0. The number of halogens is 1. The maximum Gasteiger partial charge on any atom is 0.104 e. The van der Waals surface area contributed by atoms with E-state index in [9.17, 15) is 4.39 Å². The van der Waals surface area contributed by atoms with Crippen molar-refractivity contribution in [3.05, 3.63) is 0 Å². The standard InChI is InChI=1S/C5H10FN/c6-5-2-1-4(5)3-7/h4-5H,1-3,7H2/t4-,5-/m0/s1.